The SMILES string of the molecule is [NH]C(=O)OCCS(=O)(=O)c1ccccc1[N+](=O)[O-]. The molecule has 1 radical (unpaired) electrons. The normalized spacial score (nSPS) is 10.9. The number of hydrogen-bond acceptors (Lipinski definition) is 6. The van der Waals surface area contributed by atoms with Crippen molar-refractivity contribution in [3.8, 4) is 0 Å². The van der Waals surface area contributed by atoms with Gasteiger partial charge in [0.2, 0.25) is 0 Å². The minimum absolute atomic E-state index is 0.434. The van der Waals surface area contributed by atoms with Crippen LogP contribution in [0.15, 0.2) is 29.2 Å². The van der Waals surface area contributed by atoms with Gasteiger partial charge in [-0.15, -0.1) is 0 Å². The number of rotatable bonds is 5. The van der Waals surface area contributed by atoms with Gasteiger partial charge in [-0.1, -0.05) is 12.1 Å². The van der Waals surface area contributed by atoms with Gasteiger partial charge in [-0.05, 0) is 6.07 Å². The van der Waals surface area contributed by atoms with Crippen molar-refractivity contribution in [1.82, 2.24) is 5.73 Å². The van der Waals surface area contributed by atoms with Gasteiger partial charge in [-0.25, -0.2) is 18.9 Å². The Bertz CT molecular complexity index is 568. The van der Waals surface area contributed by atoms with E-state index in [1.165, 1.54) is 12.1 Å². The number of nitro benzene ring substituents is 1. The van der Waals surface area contributed by atoms with Gasteiger partial charge in [0.15, 0.2) is 9.84 Å². The number of para-hydroxylation sites is 1. The van der Waals surface area contributed by atoms with E-state index in [9.17, 15) is 23.3 Å². The molecular formula is C9H9N2O6S. The predicted molar refractivity (Wildman–Crippen MR) is 59.6 cm³/mol. The van der Waals surface area contributed by atoms with E-state index in [4.69, 9.17) is 5.73 Å². The Kier molecular flexibility index (Phi) is 4.21. The van der Waals surface area contributed by atoms with Crippen LogP contribution in [0, 0.1) is 10.1 Å². The van der Waals surface area contributed by atoms with E-state index in [1.54, 1.807) is 0 Å². The molecule has 8 nitrogen and oxygen atoms in total. The largest absolute Gasteiger partial charge is 0.447 e. The first kappa shape index (κ1) is 13.9. The lowest BCUT2D eigenvalue weighted by atomic mass is 10.3. The summed E-state index contributed by atoms with van der Waals surface area (Å²) in [6, 6.07) is 4.89. The van der Waals surface area contributed by atoms with Gasteiger partial charge >= 0.3 is 6.09 Å². The molecule has 18 heavy (non-hydrogen) atoms. The number of carbonyl (C=O) groups excluding carboxylic acids is 1. The first-order valence-electron chi connectivity index (χ1n) is 4.69. The van der Waals surface area contributed by atoms with Crippen LogP contribution in [0.2, 0.25) is 0 Å². The summed E-state index contributed by atoms with van der Waals surface area (Å²) < 4.78 is 27.7. The lowest BCUT2D eigenvalue weighted by Gasteiger charge is -2.04. The maximum atomic E-state index is 11.8. The van der Waals surface area contributed by atoms with E-state index in [-0.39, 0.29) is 0 Å². The highest BCUT2D eigenvalue weighted by Gasteiger charge is 2.25. The minimum atomic E-state index is -3.93. The fourth-order valence-corrected chi connectivity index (χ4v) is 2.49. The van der Waals surface area contributed by atoms with E-state index in [2.05, 4.69) is 4.74 Å². The van der Waals surface area contributed by atoms with Crippen molar-refractivity contribution in [2.75, 3.05) is 12.4 Å². The molecule has 0 bridgehead atoms. The van der Waals surface area contributed by atoms with Crippen molar-refractivity contribution in [1.29, 1.82) is 0 Å². The monoisotopic (exact) mass is 273 g/mol. The zero-order valence-electron chi connectivity index (χ0n) is 9.03. The molecule has 0 unspecified atom stereocenters. The third-order valence-electron chi connectivity index (χ3n) is 1.98. The molecule has 0 fully saturated rings. The van der Waals surface area contributed by atoms with Gasteiger partial charge < -0.3 is 4.74 Å². The fraction of sp³-hybridized carbons (Fsp3) is 0.222. The van der Waals surface area contributed by atoms with Crippen molar-refractivity contribution in [3.05, 3.63) is 34.4 Å². The van der Waals surface area contributed by atoms with E-state index in [0.29, 0.717) is 0 Å². The third-order valence-corrected chi connectivity index (χ3v) is 3.70. The molecule has 1 rings (SSSR count). The summed E-state index contributed by atoms with van der Waals surface area (Å²) in [6.45, 7) is -0.517. The Balaban J connectivity index is 2.98. The van der Waals surface area contributed by atoms with Crippen molar-refractivity contribution in [2.45, 2.75) is 4.90 Å². The predicted octanol–water partition coefficient (Wildman–Crippen LogP) is 0.788. The summed E-state index contributed by atoms with van der Waals surface area (Å²) in [4.78, 5) is 19.6. The highest BCUT2D eigenvalue weighted by molar-refractivity contribution is 7.91. The second-order valence-corrected chi connectivity index (χ2v) is 5.26. The average molecular weight is 273 g/mol. The topological polar surface area (TPSA) is 127 Å². The van der Waals surface area contributed by atoms with Crippen LogP contribution >= 0.6 is 0 Å². The van der Waals surface area contributed by atoms with Crippen molar-refractivity contribution in [2.24, 2.45) is 0 Å². The van der Waals surface area contributed by atoms with Crippen LogP contribution < -0.4 is 5.73 Å². The van der Waals surface area contributed by atoms with Crippen LogP contribution in [0.4, 0.5) is 10.5 Å². The van der Waals surface area contributed by atoms with E-state index in [0.717, 1.165) is 12.1 Å². The Morgan fingerprint density at radius 3 is 2.56 bits per heavy atom. The van der Waals surface area contributed by atoms with Gasteiger partial charge in [0.05, 0.1) is 10.7 Å². The number of ether oxygens (including phenoxy) is 1. The molecule has 1 aromatic carbocycles. The number of benzene rings is 1. The molecule has 0 spiro atoms. The lowest BCUT2D eigenvalue weighted by Crippen LogP contribution is -2.16. The highest BCUT2D eigenvalue weighted by Crippen LogP contribution is 2.23. The van der Waals surface area contributed by atoms with Gasteiger partial charge in [0, 0.05) is 6.07 Å². The van der Waals surface area contributed by atoms with Crippen LogP contribution in [0.3, 0.4) is 0 Å². The molecule has 1 N–H and O–H groups in total. The molecule has 9 heteroatoms. The molecule has 0 saturated carbocycles. The van der Waals surface area contributed by atoms with Crippen molar-refractivity contribution >= 4 is 21.6 Å². The number of carbonyl (C=O) groups is 1. The maximum Gasteiger partial charge on any atom is 0.426 e. The molecule has 0 heterocycles. The van der Waals surface area contributed by atoms with Crippen LogP contribution in [0.25, 0.3) is 0 Å². The number of nitro groups is 1. The Hall–Kier alpha value is -2.16. The summed E-state index contributed by atoms with van der Waals surface area (Å²) in [6.07, 6.45) is -1.35. The number of amides is 1. The van der Waals surface area contributed by atoms with E-state index < -0.39 is 43.8 Å². The Labute approximate surface area is 102 Å². The molecule has 1 amide bonds. The number of sulfone groups is 1. The van der Waals surface area contributed by atoms with E-state index >= 15 is 0 Å². The van der Waals surface area contributed by atoms with Crippen molar-refractivity contribution in [3.63, 3.8) is 0 Å². The zero-order valence-corrected chi connectivity index (χ0v) is 9.85. The summed E-state index contributed by atoms with van der Waals surface area (Å²) >= 11 is 0. The van der Waals surface area contributed by atoms with Crippen molar-refractivity contribution < 1.29 is 22.9 Å². The number of hydrogen-bond donors (Lipinski definition) is 0. The molecule has 1 aromatic rings. The first-order valence-corrected chi connectivity index (χ1v) is 6.34. The summed E-state index contributed by atoms with van der Waals surface area (Å²) in [5, 5.41) is 10.7. The van der Waals surface area contributed by atoms with Crippen LogP contribution in [-0.2, 0) is 14.6 Å². The summed E-state index contributed by atoms with van der Waals surface area (Å²) in [7, 11) is -3.93. The average Bonchev–Trinajstić information content (AvgIpc) is 2.28. The highest BCUT2D eigenvalue weighted by atomic mass is 32.2. The zero-order chi connectivity index (χ0) is 13.8. The van der Waals surface area contributed by atoms with E-state index in [1.807, 2.05) is 0 Å². The maximum absolute atomic E-state index is 11.8. The molecule has 0 aliphatic heterocycles. The van der Waals surface area contributed by atoms with Crippen LogP contribution in [-0.4, -0.2) is 31.8 Å². The molecule has 0 atom stereocenters. The molecule has 0 aliphatic carbocycles. The molecule has 0 aromatic heterocycles. The fourth-order valence-electron chi connectivity index (χ4n) is 1.23. The lowest BCUT2D eigenvalue weighted by molar-refractivity contribution is -0.387. The summed E-state index contributed by atoms with van der Waals surface area (Å²) in [5.41, 5.74) is 5.90. The molecule has 0 aliphatic rings. The Morgan fingerprint density at radius 2 is 2.00 bits per heavy atom. The third kappa shape index (κ3) is 3.42. The van der Waals surface area contributed by atoms with Crippen LogP contribution in [0.1, 0.15) is 0 Å². The van der Waals surface area contributed by atoms with Gasteiger partial charge in [0.1, 0.15) is 11.5 Å². The van der Waals surface area contributed by atoms with Gasteiger partial charge in [-0.3, -0.25) is 10.1 Å². The molecule has 97 valence electrons. The smallest absolute Gasteiger partial charge is 0.426 e. The molecular weight excluding hydrogens is 264 g/mol. The standard InChI is InChI=1S/C9H9N2O6S/c10-9(12)17-5-6-18(15,16)8-4-2-1-3-7(8)11(13)14/h1-4,10H,5-6H2. The quantitative estimate of drug-likeness (QED) is 0.576. The van der Waals surface area contributed by atoms with Crippen LogP contribution in [0.5, 0.6) is 0 Å². The first-order chi connectivity index (χ1) is 8.34. The van der Waals surface area contributed by atoms with Gasteiger partial charge in [-0.2, -0.15) is 0 Å². The minimum Gasteiger partial charge on any atom is -0.447 e. The molecule has 0 saturated heterocycles. The number of nitrogens with one attached hydrogen (secondary N) is 1. The Morgan fingerprint density at radius 1 is 1.39 bits per heavy atom. The second kappa shape index (κ2) is 5.45. The van der Waals surface area contributed by atoms with Gasteiger partial charge in [0.25, 0.3) is 5.69 Å². The summed E-state index contributed by atoms with van der Waals surface area (Å²) in [5.74, 6) is -0.609. The number of nitrogens with zero attached hydrogens (tertiary/aromatic N) is 1. The second-order valence-electron chi connectivity index (χ2n) is 3.18.